The van der Waals surface area contributed by atoms with Crippen LogP contribution in [0.25, 0.3) is 22.4 Å². The molecule has 1 aliphatic carbocycles. The van der Waals surface area contributed by atoms with E-state index < -0.39 is 17.8 Å². The van der Waals surface area contributed by atoms with Crippen molar-refractivity contribution in [1.82, 2.24) is 19.9 Å². The van der Waals surface area contributed by atoms with Gasteiger partial charge in [0.15, 0.2) is 5.13 Å². The van der Waals surface area contributed by atoms with Gasteiger partial charge in [-0.25, -0.2) is 15.0 Å². The molecule has 0 aromatic carbocycles. The number of thiazole rings is 1. The number of rotatable bonds is 4. The summed E-state index contributed by atoms with van der Waals surface area (Å²) in [5, 5.41) is 15.3. The van der Waals surface area contributed by atoms with E-state index in [0.717, 1.165) is 23.9 Å². The van der Waals surface area contributed by atoms with Crippen LogP contribution in [0, 0.1) is 11.8 Å². The van der Waals surface area contributed by atoms with Crippen LogP contribution in [0.1, 0.15) is 25.7 Å². The van der Waals surface area contributed by atoms with E-state index in [9.17, 15) is 14.7 Å². The number of aromatic amines is 1. The Hall–Kier alpha value is -2.81. The summed E-state index contributed by atoms with van der Waals surface area (Å²) in [6, 6.07) is 1.88. The molecule has 0 aliphatic heterocycles. The molecule has 9 heteroatoms. The number of anilines is 1. The van der Waals surface area contributed by atoms with Crippen molar-refractivity contribution in [3.63, 3.8) is 0 Å². The van der Waals surface area contributed by atoms with Crippen molar-refractivity contribution in [3.05, 3.63) is 24.0 Å². The molecular weight excluding hydrogens is 354 g/mol. The fourth-order valence-corrected chi connectivity index (χ4v) is 4.15. The van der Waals surface area contributed by atoms with Gasteiger partial charge in [0.05, 0.1) is 11.8 Å². The first kappa shape index (κ1) is 16.6. The smallest absolute Gasteiger partial charge is 0.307 e. The van der Waals surface area contributed by atoms with E-state index in [2.05, 4.69) is 25.3 Å². The van der Waals surface area contributed by atoms with Crippen LogP contribution in [0.15, 0.2) is 24.0 Å². The Morgan fingerprint density at radius 1 is 1.23 bits per heavy atom. The number of aliphatic carboxylic acids is 1. The Bertz CT molecular complexity index is 966. The first-order valence-electron chi connectivity index (χ1n) is 8.41. The van der Waals surface area contributed by atoms with Gasteiger partial charge in [0, 0.05) is 17.0 Å². The molecule has 1 aliphatic rings. The quantitative estimate of drug-likeness (QED) is 0.648. The zero-order valence-electron chi connectivity index (χ0n) is 13.8. The van der Waals surface area contributed by atoms with Crippen LogP contribution in [0.4, 0.5) is 5.13 Å². The number of carbonyl (C=O) groups is 2. The SMILES string of the molecule is O=C(O)C1CCCCC1C(=O)Nc1nc(-c2ncnc3[nH]ccc23)cs1. The number of nitrogens with one attached hydrogen (secondary N) is 2. The molecule has 4 rings (SSSR count). The topological polar surface area (TPSA) is 121 Å². The van der Waals surface area contributed by atoms with Crippen LogP contribution in [0.3, 0.4) is 0 Å². The first-order chi connectivity index (χ1) is 12.6. The molecule has 1 saturated carbocycles. The first-order valence-corrected chi connectivity index (χ1v) is 9.29. The molecule has 3 aromatic rings. The number of aromatic nitrogens is 4. The summed E-state index contributed by atoms with van der Waals surface area (Å²) in [7, 11) is 0. The maximum absolute atomic E-state index is 12.6. The molecule has 1 fully saturated rings. The number of H-pyrrole nitrogens is 1. The Balaban J connectivity index is 1.54. The van der Waals surface area contributed by atoms with Crippen molar-refractivity contribution in [2.45, 2.75) is 25.7 Å². The second-order valence-electron chi connectivity index (χ2n) is 6.33. The molecule has 3 heterocycles. The Labute approximate surface area is 152 Å². The predicted octanol–water partition coefficient (Wildman–Crippen LogP) is 2.91. The third kappa shape index (κ3) is 3.05. The number of amides is 1. The monoisotopic (exact) mass is 371 g/mol. The standard InChI is InChI=1S/C17H17N5O3S/c23-15(9-3-1-2-4-10(9)16(24)25)22-17-21-12(7-26-17)13-11-5-6-18-14(11)20-8-19-13/h5-10H,1-4H2,(H,24,25)(H,18,19,20)(H,21,22,23). The fraction of sp³-hybridized carbons (Fsp3) is 0.353. The summed E-state index contributed by atoms with van der Waals surface area (Å²) in [5.41, 5.74) is 2.06. The van der Waals surface area contributed by atoms with Gasteiger partial charge >= 0.3 is 5.97 Å². The highest BCUT2D eigenvalue weighted by atomic mass is 32.1. The maximum Gasteiger partial charge on any atom is 0.307 e. The van der Waals surface area contributed by atoms with Gasteiger partial charge in [0.2, 0.25) is 5.91 Å². The molecule has 3 aromatic heterocycles. The van der Waals surface area contributed by atoms with Gasteiger partial charge in [0.1, 0.15) is 23.4 Å². The van der Waals surface area contributed by atoms with E-state index in [4.69, 9.17) is 0 Å². The summed E-state index contributed by atoms with van der Waals surface area (Å²) in [5.74, 6) is -2.30. The van der Waals surface area contributed by atoms with E-state index in [1.54, 1.807) is 6.20 Å². The molecule has 8 nitrogen and oxygen atoms in total. The van der Waals surface area contributed by atoms with Gasteiger partial charge in [-0.15, -0.1) is 11.3 Å². The molecule has 1 amide bonds. The van der Waals surface area contributed by atoms with Gasteiger partial charge in [-0.3, -0.25) is 9.59 Å². The molecule has 0 bridgehead atoms. The molecule has 2 unspecified atom stereocenters. The van der Waals surface area contributed by atoms with Crippen LogP contribution in [0.5, 0.6) is 0 Å². The third-order valence-corrected chi connectivity index (χ3v) is 5.51. The zero-order valence-corrected chi connectivity index (χ0v) is 14.6. The summed E-state index contributed by atoms with van der Waals surface area (Å²) in [4.78, 5) is 39.9. The normalized spacial score (nSPS) is 20.2. The second kappa shape index (κ2) is 6.83. The highest BCUT2D eigenvalue weighted by molar-refractivity contribution is 7.14. The summed E-state index contributed by atoms with van der Waals surface area (Å²) < 4.78 is 0. The van der Waals surface area contributed by atoms with Gasteiger partial charge in [-0.05, 0) is 18.9 Å². The van der Waals surface area contributed by atoms with Gasteiger partial charge in [-0.1, -0.05) is 12.8 Å². The van der Waals surface area contributed by atoms with E-state index in [0.29, 0.717) is 29.4 Å². The number of carboxylic acids is 1. The molecule has 0 saturated heterocycles. The molecule has 0 spiro atoms. The lowest BCUT2D eigenvalue weighted by Crippen LogP contribution is -2.36. The summed E-state index contributed by atoms with van der Waals surface area (Å²) in [6.07, 6.45) is 6.11. The predicted molar refractivity (Wildman–Crippen MR) is 96.7 cm³/mol. The lowest BCUT2D eigenvalue weighted by Gasteiger charge is -2.26. The van der Waals surface area contributed by atoms with Gasteiger partial charge < -0.3 is 15.4 Å². The zero-order chi connectivity index (χ0) is 18.1. The number of carboxylic acid groups (broad SMARTS) is 1. The van der Waals surface area contributed by atoms with E-state index in [1.807, 2.05) is 11.4 Å². The van der Waals surface area contributed by atoms with Crippen LogP contribution in [-0.2, 0) is 9.59 Å². The van der Waals surface area contributed by atoms with Crippen molar-refractivity contribution in [2.24, 2.45) is 11.8 Å². The average Bonchev–Trinajstić information content (AvgIpc) is 3.30. The van der Waals surface area contributed by atoms with Gasteiger partial charge in [0.25, 0.3) is 0 Å². The maximum atomic E-state index is 12.6. The largest absolute Gasteiger partial charge is 0.481 e. The van der Waals surface area contributed by atoms with Crippen LogP contribution in [-0.4, -0.2) is 36.9 Å². The number of hydrogen-bond donors (Lipinski definition) is 3. The molecule has 134 valence electrons. The molecular formula is C17H17N5O3S. The number of hydrogen-bond acceptors (Lipinski definition) is 6. The van der Waals surface area contributed by atoms with Crippen molar-refractivity contribution < 1.29 is 14.7 Å². The Morgan fingerprint density at radius 3 is 2.85 bits per heavy atom. The average molecular weight is 371 g/mol. The highest BCUT2D eigenvalue weighted by Crippen LogP contribution is 2.33. The van der Waals surface area contributed by atoms with Crippen molar-refractivity contribution in [1.29, 1.82) is 0 Å². The summed E-state index contributed by atoms with van der Waals surface area (Å²) in [6.45, 7) is 0. The van der Waals surface area contributed by atoms with E-state index >= 15 is 0 Å². The lowest BCUT2D eigenvalue weighted by molar-refractivity contribution is -0.147. The molecule has 0 radical (unpaired) electrons. The Kier molecular flexibility index (Phi) is 4.37. The van der Waals surface area contributed by atoms with Crippen molar-refractivity contribution >= 4 is 39.4 Å². The van der Waals surface area contributed by atoms with Crippen molar-refractivity contribution in [2.75, 3.05) is 5.32 Å². The molecule has 3 N–H and O–H groups in total. The number of nitrogens with zero attached hydrogens (tertiary/aromatic N) is 3. The molecule has 2 atom stereocenters. The second-order valence-corrected chi connectivity index (χ2v) is 7.18. The Morgan fingerprint density at radius 2 is 2.04 bits per heavy atom. The fourth-order valence-electron chi connectivity index (χ4n) is 3.45. The number of carbonyl (C=O) groups excluding carboxylic acids is 1. The third-order valence-electron chi connectivity index (χ3n) is 4.75. The molecule has 26 heavy (non-hydrogen) atoms. The minimum atomic E-state index is -0.902. The van der Waals surface area contributed by atoms with Gasteiger partial charge in [-0.2, -0.15) is 0 Å². The van der Waals surface area contributed by atoms with Crippen LogP contribution >= 0.6 is 11.3 Å². The van der Waals surface area contributed by atoms with Crippen molar-refractivity contribution in [3.8, 4) is 11.4 Å². The number of fused-ring (bicyclic) bond motifs is 1. The minimum absolute atomic E-state index is 0.271. The van der Waals surface area contributed by atoms with Crippen LogP contribution < -0.4 is 5.32 Å². The minimum Gasteiger partial charge on any atom is -0.481 e. The van der Waals surface area contributed by atoms with E-state index in [1.165, 1.54) is 17.7 Å². The highest BCUT2D eigenvalue weighted by Gasteiger charge is 2.36. The summed E-state index contributed by atoms with van der Waals surface area (Å²) >= 11 is 1.30. The van der Waals surface area contributed by atoms with E-state index in [-0.39, 0.29) is 5.91 Å². The lowest BCUT2D eigenvalue weighted by atomic mass is 9.79. The van der Waals surface area contributed by atoms with Crippen LogP contribution in [0.2, 0.25) is 0 Å².